The van der Waals surface area contributed by atoms with E-state index in [1.807, 2.05) is 13.2 Å². The summed E-state index contributed by atoms with van der Waals surface area (Å²) in [7, 11) is 1.87. The summed E-state index contributed by atoms with van der Waals surface area (Å²) in [5, 5.41) is 7.46. The second-order valence-corrected chi connectivity index (χ2v) is 4.59. The summed E-state index contributed by atoms with van der Waals surface area (Å²) in [5.41, 5.74) is 0.740. The molecule has 1 fully saturated rings. The van der Waals surface area contributed by atoms with E-state index in [9.17, 15) is 4.79 Å². The molecule has 1 saturated heterocycles. The molecule has 2 heterocycles. The van der Waals surface area contributed by atoms with E-state index in [1.165, 1.54) is 0 Å². The smallest absolute Gasteiger partial charge is 0.157 e. The van der Waals surface area contributed by atoms with Gasteiger partial charge in [-0.2, -0.15) is 5.10 Å². The lowest BCUT2D eigenvalue weighted by molar-refractivity contribution is -0.124. The highest BCUT2D eigenvalue weighted by atomic mass is 16.1. The lowest BCUT2D eigenvalue weighted by Crippen LogP contribution is -2.47. The Labute approximate surface area is 96.0 Å². The van der Waals surface area contributed by atoms with Gasteiger partial charge in [0.25, 0.3) is 0 Å². The molecule has 2 rings (SSSR count). The van der Waals surface area contributed by atoms with Crippen molar-refractivity contribution in [2.75, 3.05) is 6.54 Å². The number of hydrogen-bond acceptors (Lipinski definition) is 3. The van der Waals surface area contributed by atoms with Crippen LogP contribution in [-0.2, 0) is 18.3 Å². The predicted octanol–water partition coefficient (Wildman–Crippen LogP) is 1.06. The first kappa shape index (κ1) is 11.3. The maximum atomic E-state index is 12.3. The minimum Gasteiger partial charge on any atom is -0.305 e. The lowest BCUT2D eigenvalue weighted by Gasteiger charge is -2.26. The molecule has 0 aliphatic carbocycles. The highest BCUT2D eigenvalue weighted by Crippen LogP contribution is 2.25. The average molecular weight is 221 g/mol. The van der Waals surface area contributed by atoms with Crippen LogP contribution in [0.2, 0.25) is 0 Å². The third-order valence-electron chi connectivity index (χ3n) is 3.50. The van der Waals surface area contributed by atoms with Crippen LogP contribution >= 0.6 is 0 Å². The average Bonchev–Trinajstić information content (AvgIpc) is 2.88. The second-order valence-electron chi connectivity index (χ2n) is 4.59. The Kier molecular flexibility index (Phi) is 3.10. The SMILES string of the molecule is CCC1(C(=O)Cc2cnn(C)c2)CCCN1. The van der Waals surface area contributed by atoms with Gasteiger partial charge in [-0.05, 0) is 31.4 Å². The number of Topliss-reactive ketones (excluding diaryl/α,β-unsaturated/α-hetero) is 1. The van der Waals surface area contributed by atoms with Gasteiger partial charge in [0.05, 0.1) is 11.7 Å². The number of ketones is 1. The Bertz CT molecular complexity index is 377. The van der Waals surface area contributed by atoms with Crippen LogP contribution in [0.1, 0.15) is 31.7 Å². The molecule has 1 aliphatic rings. The molecule has 1 aromatic heterocycles. The fourth-order valence-corrected chi connectivity index (χ4v) is 2.46. The van der Waals surface area contributed by atoms with Gasteiger partial charge >= 0.3 is 0 Å². The van der Waals surface area contributed by atoms with Gasteiger partial charge in [0.15, 0.2) is 5.78 Å². The number of carbonyl (C=O) groups excluding carboxylic acids is 1. The molecule has 88 valence electrons. The molecule has 0 aromatic carbocycles. The third kappa shape index (κ3) is 2.02. The molecule has 0 saturated carbocycles. The van der Waals surface area contributed by atoms with Crippen molar-refractivity contribution in [3.05, 3.63) is 18.0 Å². The van der Waals surface area contributed by atoms with Gasteiger partial charge in [-0.3, -0.25) is 9.48 Å². The van der Waals surface area contributed by atoms with Crippen LogP contribution in [0.25, 0.3) is 0 Å². The zero-order chi connectivity index (χ0) is 11.6. The normalized spacial score (nSPS) is 24.9. The van der Waals surface area contributed by atoms with Gasteiger partial charge in [0, 0.05) is 19.7 Å². The summed E-state index contributed by atoms with van der Waals surface area (Å²) >= 11 is 0. The Balaban J connectivity index is 2.07. The first-order chi connectivity index (χ1) is 7.66. The molecule has 4 nitrogen and oxygen atoms in total. The number of hydrogen-bond donors (Lipinski definition) is 1. The largest absolute Gasteiger partial charge is 0.305 e. The standard InChI is InChI=1S/C12H19N3O/c1-3-12(5-4-6-13-12)11(16)7-10-8-14-15(2)9-10/h8-9,13H,3-7H2,1-2H3. The number of nitrogens with one attached hydrogen (secondary N) is 1. The monoisotopic (exact) mass is 221 g/mol. The number of nitrogens with zero attached hydrogens (tertiary/aromatic N) is 2. The summed E-state index contributed by atoms with van der Waals surface area (Å²) in [6, 6.07) is 0. The van der Waals surface area contributed by atoms with Crippen molar-refractivity contribution in [2.45, 2.75) is 38.1 Å². The molecule has 1 unspecified atom stereocenters. The van der Waals surface area contributed by atoms with Gasteiger partial charge in [-0.15, -0.1) is 0 Å². The van der Waals surface area contributed by atoms with E-state index in [0.717, 1.165) is 31.4 Å². The second kappa shape index (κ2) is 4.37. The van der Waals surface area contributed by atoms with E-state index in [-0.39, 0.29) is 5.54 Å². The molecular formula is C12H19N3O. The summed E-state index contributed by atoms with van der Waals surface area (Å²) in [6.07, 6.45) is 7.14. The fraction of sp³-hybridized carbons (Fsp3) is 0.667. The molecule has 0 radical (unpaired) electrons. The van der Waals surface area contributed by atoms with Crippen molar-refractivity contribution < 1.29 is 4.79 Å². The third-order valence-corrected chi connectivity index (χ3v) is 3.50. The minimum absolute atomic E-state index is 0.268. The minimum atomic E-state index is -0.268. The van der Waals surface area contributed by atoms with Crippen LogP contribution in [0, 0.1) is 0 Å². The molecular weight excluding hydrogens is 202 g/mol. The lowest BCUT2D eigenvalue weighted by atomic mass is 9.86. The van der Waals surface area contributed by atoms with Gasteiger partial charge in [-0.1, -0.05) is 6.92 Å². The van der Waals surface area contributed by atoms with Crippen LogP contribution in [0.5, 0.6) is 0 Å². The van der Waals surface area contributed by atoms with Crippen molar-refractivity contribution in [3.8, 4) is 0 Å². The predicted molar refractivity (Wildman–Crippen MR) is 62.2 cm³/mol. The Morgan fingerprint density at radius 3 is 3.00 bits per heavy atom. The molecule has 4 heteroatoms. The van der Waals surface area contributed by atoms with Crippen molar-refractivity contribution in [1.29, 1.82) is 0 Å². The quantitative estimate of drug-likeness (QED) is 0.827. The molecule has 1 aromatic rings. The van der Waals surface area contributed by atoms with Crippen molar-refractivity contribution in [3.63, 3.8) is 0 Å². The molecule has 1 N–H and O–H groups in total. The first-order valence-corrected chi connectivity index (χ1v) is 5.92. The van der Waals surface area contributed by atoms with E-state index < -0.39 is 0 Å². The molecule has 1 aliphatic heterocycles. The highest BCUT2D eigenvalue weighted by Gasteiger charge is 2.38. The molecule has 0 amide bonds. The highest BCUT2D eigenvalue weighted by molar-refractivity contribution is 5.90. The van der Waals surface area contributed by atoms with Gasteiger partial charge < -0.3 is 5.32 Å². The van der Waals surface area contributed by atoms with Crippen molar-refractivity contribution in [2.24, 2.45) is 7.05 Å². The van der Waals surface area contributed by atoms with Crippen molar-refractivity contribution >= 4 is 5.78 Å². The molecule has 0 bridgehead atoms. The summed E-state index contributed by atoms with van der Waals surface area (Å²) in [6.45, 7) is 3.05. The number of carbonyl (C=O) groups is 1. The Hall–Kier alpha value is -1.16. The number of aromatic nitrogens is 2. The van der Waals surface area contributed by atoms with Crippen LogP contribution < -0.4 is 5.32 Å². The zero-order valence-electron chi connectivity index (χ0n) is 9.99. The van der Waals surface area contributed by atoms with Gasteiger partial charge in [0.1, 0.15) is 0 Å². The van der Waals surface area contributed by atoms with E-state index in [0.29, 0.717) is 12.2 Å². The summed E-state index contributed by atoms with van der Waals surface area (Å²) in [5.74, 6) is 0.306. The van der Waals surface area contributed by atoms with Crippen LogP contribution in [-0.4, -0.2) is 27.6 Å². The van der Waals surface area contributed by atoms with Crippen LogP contribution in [0.15, 0.2) is 12.4 Å². The maximum absolute atomic E-state index is 12.3. The Morgan fingerprint density at radius 1 is 1.69 bits per heavy atom. The van der Waals surface area contributed by atoms with E-state index >= 15 is 0 Å². The summed E-state index contributed by atoms with van der Waals surface area (Å²) < 4.78 is 1.74. The fourth-order valence-electron chi connectivity index (χ4n) is 2.46. The maximum Gasteiger partial charge on any atom is 0.157 e. The summed E-state index contributed by atoms with van der Waals surface area (Å²) in [4.78, 5) is 12.3. The van der Waals surface area contributed by atoms with Gasteiger partial charge in [-0.25, -0.2) is 0 Å². The van der Waals surface area contributed by atoms with Gasteiger partial charge in [0.2, 0.25) is 0 Å². The first-order valence-electron chi connectivity index (χ1n) is 5.92. The molecule has 0 spiro atoms. The molecule has 16 heavy (non-hydrogen) atoms. The van der Waals surface area contributed by atoms with Crippen molar-refractivity contribution in [1.82, 2.24) is 15.1 Å². The molecule has 1 atom stereocenters. The topological polar surface area (TPSA) is 46.9 Å². The zero-order valence-corrected chi connectivity index (χ0v) is 9.99. The van der Waals surface area contributed by atoms with Crippen LogP contribution in [0.4, 0.5) is 0 Å². The van der Waals surface area contributed by atoms with Crippen LogP contribution in [0.3, 0.4) is 0 Å². The number of aryl methyl sites for hydroxylation is 1. The van der Waals surface area contributed by atoms with E-state index in [1.54, 1.807) is 10.9 Å². The van der Waals surface area contributed by atoms with E-state index in [2.05, 4.69) is 17.3 Å². The number of rotatable bonds is 4. The Morgan fingerprint density at radius 2 is 2.50 bits per heavy atom. The van der Waals surface area contributed by atoms with E-state index in [4.69, 9.17) is 0 Å².